The molecule has 6 heteroatoms. The standard InChI is InChI=1S/C3H9N3S.Br2/c4-1-2-6-3(5)7;1-2/h1-2,4H2,(H3,5,6,7);. The highest BCUT2D eigenvalue weighted by molar-refractivity contribution is 9.93. The Hall–Kier alpha value is 0.610. The minimum atomic E-state index is 0.311. The van der Waals surface area contributed by atoms with Crippen molar-refractivity contribution in [1.29, 1.82) is 0 Å². The quantitative estimate of drug-likeness (QED) is 0.643. The number of hydrogen-bond acceptors (Lipinski definition) is 2. The Morgan fingerprint density at radius 2 is 2.00 bits per heavy atom. The van der Waals surface area contributed by atoms with Gasteiger partial charge in [0.1, 0.15) is 0 Å². The van der Waals surface area contributed by atoms with Gasteiger partial charge in [-0.25, -0.2) is 0 Å². The van der Waals surface area contributed by atoms with Gasteiger partial charge in [0.25, 0.3) is 0 Å². The predicted octanol–water partition coefficient (Wildman–Crippen LogP) is 0.470. The van der Waals surface area contributed by atoms with E-state index in [2.05, 4.69) is 45.8 Å². The molecule has 0 amide bonds. The number of rotatable bonds is 2. The highest BCUT2D eigenvalue weighted by atomic mass is 80.9. The first-order chi connectivity index (χ1) is 4.27. The van der Waals surface area contributed by atoms with Crippen molar-refractivity contribution in [2.45, 2.75) is 0 Å². The molecule has 0 spiro atoms. The molecule has 0 aromatic heterocycles. The molecule has 0 aromatic carbocycles. The van der Waals surface area contributed by atoms with Gasteiger partial charge in [0.2, 0.25) is 0 Å². The summed E-state index contributed by atoms with van der Waals surface area (Å²) in [4.78, 5) is 0. The minimum absolute atomic E-state index is 0.311. The van der Waals surface area contributed by atoms with Crippen LogP contribution in [-0.2, 0) is 0 Å². The second-order valence-corrected chi connectivity index (χ2v) is 1.52. The van der Waals surface area contributed by atoms with Crippen LogP contribution >= 0.6 is 40.5 Å². The Bertz CT molecular complexity index is 70.1. The molecule has 0 heterocycles. The van der Waals surface area contributed by atoms with Gasteiger partial charge in [0.15, 0.2) is 5.11 Å². The van der Waals surface area contributed by atoms with Crippen molar-refractivity contribution in [3.8, 4) is 0 Å². The molecule has 0 aliphatic carbocycles. The third-order valence-electron chi connectivity index (χ3n) is 0.444. The lowest BCUT2D eigenvalue weighted by Gasteiger charge is -1.96. The van der Waals surface area contributed by atoms with Crippen molar-refractivity contribution in [3.05, 3.63) is 0 Å². The molecule has 56 valence electrons. The smallest absolute Gasteiger partial charge is 0.163 e. The monoisotopic (exact) mass is 277 g/mol. The third-order valence-corrected chi connectivity index (χ3v) is 0.588. The summed E-state index contributed by atoms with van der Waals surface area (Å²) in [7, 11) is 0. The van der Waals surface area contributed by atoms with Crippen LogP contribution in [0, 0.1) is 0 Å². The van der Waals surface area contributed by atoms with Crippen LogP contribution in [0.3, 0.4) is 0 Å². The maximum absolute atomic E-state index is 5.10. The molecule has 0 unspecified atom stereocenters. The van der Waals surface area contributed by atoms with E-state index in [1.807, 2.05) is 0 Å². The average Bonchev–Trinajstić information content (AvgIpc) is 1.88. The van der Waals surface area contributed by atoms with Crippen molar-refractivity contribution >= 4 is 45.6 Å². The summed E-state index contributed by atoms with van der Waals surface area (Å²) < 4.78 is 0. The molecule has 0 aliphatic rings. The minimum Gasteiger partial charge on any atom is -0.376 e. The first-order valence-electron chi connectivity index (χ1n) is 2.15. The van der Waals surface area contributed by atoms with Crippen LogP contribution in [0.15, 0.2) is 0 Å². The molecule has 0 radical (unpaired) electrons. The van der Waals surface area contributed by atoms with Gasteiger partial charge in [-0.3, -0.25) is 0 Å². The molecule has 3 nitrogen and oxygen atoms in total. The zero-order valence-corrected chi connectivity index (χ0v) is 8.72. The zero-order chi connectivity index (χ0) is 7.70. The van der Waals surface area contributed by atoms with E-state index < -0.39 is 0 Å². The molecule has 0 atom stereocenters. The van der Waals surface area contributed by atoms with Gasteiger partial charge < -0.3 is 16.8 Å². The van der Waals surface area contributed by atoms with Crippen LogP contribution in [0.1, 0.15) is 0 Å². The molecular formula is C3H9Br2N3S. The topological polar surface area (TPSA) is 64.1 Å². The van der Waals surface area contributed by atoms with Crippen LogP contribution in [0.5, 0.6) is 0 Å². The fourth-order valence-electron chi connectivity index (χ4n) is 0.195. The summed E-state index contributed by atoms with van der Waals surface area (Å²) in [5.74, 6) is 0. The summed E-state index contributed by atoms with van der Waals surface area (Å²) in [6, 6.07) is 0. The van der Waals surface area contributed by atoms with E-state index in [0.717, 1.165) is 0 Å². The van der Waals surface area contributed by atoms with E-state index in [-0.39, 0.29) is 0 Å². The van der Waals surface area contributed by atoms with Crippen LogP contribution in [0.4, 0.5) is 0 Å². The number of thiocarbonyl (C=S) groups is 1. The Morgan fingerprint density at radius 1 is 1.56 bits per heavy atom. The van der Waals surface area contributed by atoms with Crippen molar-refractivity contribution < 1.29 is 0 Å². The molecule has 5 N–H and O–H groups in total. The molecule has 0 saturated heterocycles. The molecule has 0 saturated carbocycles. The van der Waals surface area contributed by atoms with Crippen molar-refractivity contribution in [2.24, 2.45) is 11.5 Å². The highest BCUT2D eigenvalue weighted by Crippen LogP contribution is 1.85. The van der Waals surface area contributed by atoms with Gasteiger partial charge in [-0.2, -0.15) is 0 Å². The largest absolute Gasteiger partial charge is 0.376 e. The van der Waals surface area contributed by atoms with Crippen molar-refractivity contribution in [2.75, 3.05) is 13.1 Å². The predicted molar refractivity (Wildman–Crippen MR) is 51.7 cm³/mol. The van der Waals surface area contributed by atoms with Gasteiger partial charge in [-0.15, -0.1) is 0 Å². The molecule has 0 bridgehead atoms. The van der Waals surface area contributed by atoms with Crippen molar-refractivity contribution in [1.82, 2.24) is 5.32 Å². The van der Waals surface area contributed by atoms with Gasteiger partial charge >= 0.3 is 0 Å². The zero-order valence-electron chi connectivity index (χ0n) is 4.73. The Balaban J connectivity index is 0. The molecule has 0 aromatic rings. The Morgan fingerprint density at radius 3 is 2.11 bits per heavy atom. The third kappa shape index (κ3) is 17.7. The van der Waals surface area contributed by atoms with Crippen LogP contribution in [0.25, 0.3) is 0 Å². The lowest BCUT2D eigenvalue weighted by atomic mass is 10.7. The lowest BCUT2D eigenvalue weighted by molar-refractivity contribution is 0.879. The van der Waals surface area contributed by atoms with E-state index in [0.29, 0.717) is 18.2 Å². The normalized spacial score (nSPS) is 7.00. The fourth-order valence-corrected chi connectivity index (χ4v) is 0.297. The second-order valence-electron chi connectivity index (χ2n) is 1.08. The van der Waals surface area contributed by atoms with E-state index in [1.165, 1.54) is 0 Å². The van der Waals surface area contributed by atoms with E-state index in [9.17, 15) is 0 Å². The molecule has 0 aliphatic heterocycles. The summed E-state index contributed by atoms with van der Waals surface area (Å²) in [5.41, 5.74) is 10.1. The Kier molecular flexibility index (Phi) is 15.6. The maximum Gasteiger partial charge on any atom is 0.163 e. The van der Waals surface area contributed by atoms with Gasteiger partial charge in [0, 0.05) is 41.3 Å². The van der Waals surface area contributed by atoms with Gasteiger partial charge in [0.05, 0.1) is 0 Å². The molecular weight excluding hydrogens is 270 g/mol. The van der Waals surface area contributed by atoms with Gasteiger partial charge in [-0.1, -0.05) is 0 Å². The van der Waals surface area contributed by atoms with Crippen LogP contribution in [-0.4, -0.2) is 18.2 Å². The van der Waals surface area contributed by atoms with Crippen LogP contribution in [0.2, 0.25) is 0 Å². The molecule has 0 rings (SSSR count). The lowest BCUT2D eigenvalue weighted by Crippen LogP contribution is -2.33. The average molecular weight is 279 g/mol. The van der Waals surface area contributed by atoms with E-state index in [4.69, 9.17) is 11.5 Å². The second kappa shape index (κ2) is 11.4. The first kappa shape index (κ1) is 12.3. The number of nitrogens with two attached hydrogens (primary N) is 2. The summed E-state index contributed by atoms with van der Waals surface area (Å²) in [6.45, 7) is 1.23. The summed E-state index contributed by atoms with van der Waals surface area (Å²) in [5, 5.41) is 2.99. The summed E-state index contributed by atoms with van der Waals surface area (Å²) in [6.07, 6.45) is 0. The molecule has 9 heavy (non-hydrogen) atoms. The van der Waals surface area contributed by atoms with E-state index in [1.54, 1.807) is 0 Å². The SMILES string of the molecule is BrBr.NCCNC(N)=S. The Labute approximate surface area is 75.4 Å². The fraction of sp³-hybridized carbons (Fsp3) is 0.667. The van der Waals surface area contributed by atoms with Crippen molar-refractivity contribution in [3.63, 3.8) is 0 Å². The number of nitrogens with one attached hydrogen (secondary N) is 1. The summed E-state index contributed by atoms with van der Waals surface area (Å²) >= 11 is 9.97. The number of hydrogen-bond donors (Lipinski definition) is 3. The first-order valence-corrected chi connectivity index (χ1v) is 6.27. The number of halogens is 2. The highest BCUT2D eigenvalue weighted by Gasteiger charge is 1.79. The van der Waals surface area contributed by atoms with E-state index >= 15 is 0 Å². The molecule has 0 fully saturated rings. The van der Waals surface area contributed by atoms with Crippen LogP contribution < -0.4 is 16.8 Å². The van der Waals surface area contributed by atoms with Gasteiger partial charge in [-0.05, 0) is 12.2 Å². The maximum atomic E-state index is 5.10.